The number of anilines is 3. The summed E-state index contributed by atoms with van der Waals surface area (Å²) in [5, 5.41) is 3.48. The number of rotatable bonds is 1. The molecule has 0 radical (unpaired) electrons. The molecule has 0 bridgehead atoms. The molecular weight excluding hydrogens is 262 g/mol. The highest BCUT2D eigenvalue weighted by Crippen LogP contribution is 2.34. The number of fused-ring (bicyclic) bond motifs is 1. The Bertz CT molecular complexity index is 657. The molecule has 0 aliphatic carbocycles. The van der Waals surface area contributed by atoms with E-state index in [1.165, 1.54) is 0 Å². The number of aryl methyl sites for hydroxylation is 1. The van der Waals surface area contributed by atoms with E-state index in [-0.39, 0.29) is 12.5 Å². The summed E-state index contributed by atoms with van der Waals surface area (Å²) in [5.41, 5.74) is 2.60. The van der Waals surface area contributed by atoms with Crippen molar-refractivity contribution >= 4 is 34.7 Å². The second-order valence-electron chi connectivity index (χ2n) is 4.50. The lowest BCUT2D eigenvalue weighted by Crippen LogP contribution is -2.35. The third-order valence-electron chi connectivity index (χ3n) is 2.95. The van der Waals surface area contributed by atoms with E-state index in [2.05, 4.69) is 10.3 Å². The molecular formula is C14H12ClN3O. The van der Waals surface area contributed by atoms with E-state index in [1.807, 2.05) is 36.1 Å². The number of halogens is 1. The van der Waals surface area contributed by atoms with Gasteiger partial charge in [-0.1, -0.05) is 17.7 Å². The summed E-state index contributed by atoms with van der Waals surface area (Å²) in [5.74, 6) is 0.687. The average molecular weight is 274 g/mol. The summed E-state index contributed by atoms with van der Waals surface area (Å²) >= 11 is 6.01. The van der Waals surface area contributed by atoms with E-state index >= 15 is 0 Å². The molecule has 1 aliphatic heterocycles. The molecule has 1 amide bonds. The van der Waals surface area contributed by atoms with Crippen LogP contribution in [0.5, 0.6) is 0 Å². The summed E-state index contributed by atoms with van der Waals surface area (Å²) in [6.07, 6.45) is 1.79. The van der Waals surface area contributed by atoms with Crippen molar-refractivity contribution in [1.29, 1.82) is 0 Å². The highest BCUT2D eigenvalue weighted by atomic mass is 35.5. The molecule has 1 aliphatic rings. The summed E-state index contributed by atoms with van der Waals surface area (Å²) < 4.78 is 0. The van der Waals surface area contributed by atoms with E-state index in [0.29, 0.717) is 5.02 Å². The van der Waals surface area contributed by atoms with Crippen LogP contribution >= 0.6 is 11.6 Å². The smallest absolute Gasteiger partial charge is 0.244 e. The zero-order valence-corrected chi connectivity index (χ0v) is 11.1. The fourth-order valence-corrected chi connectivity index (χ4v) is 2.32. The zero-order chi connectivity index (χ0) is 13.4. The molecule has 0 saturated heterocycles. The number of amides is 1. The number of hydrogen-bond donors (Lipinski definition) is 1. The molecule has 96 valence electrons. The largest absolute Gasteiger partial charge is 0.321 e. The van der Waals surface area contributed by atoms with Gasteiger partial charge in [-0.05, 0) is 36.8 Å². The van der Waals surface area contributed by atoms with Gasteiger partial charge in [-0.2, -0.15) is 0 Å². The quantitative estimate of drug-likeness (QED) is 0.868. The molecule has 0 unspecified atom stereocenters. The zero-order valence-electron chi connectivity index (χ0n) is 10.4. The fraction of sp³-hybridized carbons (Fsp3) is 0.143. The molecule has 1 N–H and O–H groups in total. The van der Waals surface area contributed by atoms with Gasteiger partial charge in [0.2, 0.25) is 5.91 Å². The predicted octanol–water partition coefficient (Wildman–Crippen LogP) is 3.13. The molecule has 1 aromatic carbocycles. The lowest BCUT2D eigenvalue weighted by atomic mass is 10.2. The maximum atomic E-state index is 11.8. The third kappa shape index (κ3) is 2.27. The summed E-state index contributed by atoms with van der Waals surface area (Å²) in [4.78, 5) is 18.1. The first-order valence-corrected chi connectivity index (χ1v) is 6.31. The molecule has 19 heavy (non-hydrogen) atoms. The number of benzene rings is 1. The summed E-state index contributed by atoms with van der Waals surface area (Å²) in [6, 6.07) is 9.31. The molecule has 3 rings (SSSR count). The summed E-state index contributed by atoms with van der Waals surface area (Å²) in [6.45, 7) is 2.18. The molecule has 0 saturated carbocycles. The number of nitrogens with one attached hydrogen (secondary N) is 1. The van der Waals surface area contributed by atoms with Crippen molar-refractivity contribution in [3.05, 3.63) is 47.1 Å². The Balaban J connectivity index is 2.11. The number of pyridine rings is 1. The highest BCUT2D eigenvalue weighted by Gasteiger charge is 2.24. The minimum Gasteiger partial charge on any atom is -0.321 e. The average Bonchev–Trinajstić information content (AvgIpc) is 2.37. The van der Waals surface area contributed by atoms with Gasteiger partial charge < -0.3 is 10.2 Å². The van der Waals surface area contributed by atoms with Gasteiger partial charge in [0, 0.05) is 16.9 Å². The van der Waals surface area contributed by atoms with E-state index < -0.39 is 0 Å². The van der Waals surface area contributed by atoms with Crippen LogP contribution in [0.4, 0.5) is 17.2 Å². The van der Waals surface area contributed by atoms with E-state index in [4.69, 9.17) is 11.6 Å². The maximum Gasteiger partial charge on any atom is 0.244 e. The molecule has 2 heterocycles. The van der Waals surface area contributed by atoms with Gasteiger partial charge in [-0.25, -0.2) is 4.98 Å². The third-order valence-corrected chi connectivity index (χ3v) is 3.19. The first-order valence-electron chi connectivity index (χ1n) is 5.93. The van der Waals surface area contributed by atoms with Gasteiger partial charge in [0.1, 0.15) is 6.54 Å². The topological polar surface area (TPSA) is 45.2 Å². The Morgan fingerprint density at radius 1 is 1.37 bits per heavy atom. The highest BCUT2D eigenvalue weighted by molar-refractivity contribution is 6.30. The number of carbonyl (C=O) groups excluding carboxylic acids is 1. The minimum absolute atomic E-state index is 0.0557. The molecule has 1 aromatic heterocycles. The van der Waals surface area contributed by atoms with Crippen LogP contribution in [0.15, 0.2) is 36.5 Å². The molecule has 4 nitrogen and oxygen atoms in total. The van der Waals surface area contributed by atoms with Gasteiger partial charge in [0.25, 0.3) is 0 Å². The maximum absolute atomic E-state index is 11.8. The Kier molecular flexibility index (Phi) is 2.87. The van der Waals surface area contributed by atoms with Crippen molar-refractivity contribution in [3.8, 4) is 0 Å². The number of carbonyl (C=O) groups is 1. The van der Waals surface area contributed by atoms with E-state index in [0.717, 1.165) is 22.8 Å². The molecule has 0 atom stereocenters. The molecule has 0 spiro atoms. The standard InChI is InChI=1S/C14H12ClN3O/c1-9-5-12-14(16-7-9)18(8-13(19)17-12)11-4-2-3-10(15)6-11/h2-7H,8H2,1H3,(H,17,19). The SMILES string of the molecule is Cc1cnc2c(c1)NC(=O)CN2c1cccc(Cl)c1. The molecule has 0 fully saturated rings. The van der Waals surface area contributed by atoms with Crippen LogP contribution in [0.1, 0.15) is 5.56 Å². The Morgan fingerprint density at radius 2 is 2.21 bits per heavy atom. The Hall–Kier alpha value is -2.07. The number of nitrogens with zero attached hydrogens (tertiary/aromatic N) is 2. The molecule has 2 aromatic rings. The van der Waals surface area contributed by atoms with Gasteiger partial charge in [0.15, 0.2) is 5.82 Å². The second-order valence-corrected chi connectivity index (χ2v) is 4.93. The first-order chi connectivity index (χ1) is 9.13. The predicted molar refractivity (Wildman–Crippen MR) is 76.1 cm³/mol. The normalized spacial score (nSPS) is 14.0. The van der Waals surface area contributed by atoms with Gasteiger partial charge in [0.05, 0.1) is 5.69 Å². The van der Waals surface area contributed by atoms with Crippen LogP contribution in [0, 0.1) is 6.92 Å². The lowest BCUT2D eigenvalue weighted by molar-refractivity contribution is -0.115. The van der Waals surface area contributed by atoms with Crippen molar-refractivity contribution in [2.75, 3.05) is 16.8 Å². The van der Waals surface area contributed by atoms with Crippen molar-refractivity contribution in [1.82, 2.24) is 4.98 Å². The van der Waals surface area contributed by atoms with E-state index in [1.54, 1.807) is 12.3 Å². The van der Waals surface area contributed by atoms with Gasteiger partial charge >= 0.3 is 0 Å². The van der Waals surface area contributed by atoms with Crippen LogP contribution in [0.2, 0.25) is 5.02 Å². The van der Waals surface area contributed by atoms with Crippen LogP contribution < -0.4 is 10.2 Å². The number of hydrogen-bond acceptors (Lipinski definition) is 3. The van der Waals surface area contributed by atoms with Crippen molar-refractivity contribution in [2.24, 2.45) is 0 Å². The van der Waals surface area contributed by atoms with Crippen molar-refractivity contribution in [2.45, 2.75) is 6.92 Å². The van der Waals surface area contributed by atoms with Crippen molar-refractivity contribution in [3.63, 3.8) is 0 Å². The monoisotopic (exact) mass is 273 g/mol. The fourth-order valence-electron chi connectivity index (χ4n) is 2.13. The Morgan fingerprint density at radius 3 is 3.00 bits per heavy atom. The summed E-state index contributed by atoms with van der Waals surface area (Å²) in [7, 11) is 0. The van der Waals surface area contributed by atoms with Crippen LogP contribution in [0.25, 0.3) is 0 Å². The van der Waals surface area contributed by atoms with Crippen LogP contribution in [-0.4, -0.2) is 17.4 Å². The Labute approximate surface area is 116 Å². The van der Waals surface area contributed by atoms with Gasteiger partial charge in [-0.15, -0.1) is 0 Å². The van der Waals surface area contributed by atoms with Crippen LogP contribution in [0.3, 0.4) is 0 Å². The number of aromatic nitrogens is 1. The van der Waals surface area contributed by atoms with Crippen LogP contribution in [-0.2, 0) is 4.79 Å². The first kappa shape index (κ1) is 12.0. The van der Waals surface area contributed by atoms with Crippen molar-refractivity contribution < 1.29 is 4.79 Å². The minimum atomic E-state index is -0.0557. The second kappa shape index (κ2) is 4.55. The molecule has 5 heteroatoms. The lowest BCUT2D eigenvalue weighted by Gasteiger charge is -2.29. The van der Waals surface area contributed by atoms with E-state index in [9.17, 15) is 4.79 Å². The van der Waals surface area contributed by atoms with Gasteiger partial charge in [-0.3, -0.25) is 4.79 Å².